The summed E-state index contributed by atoms with van der Waals surface area (Å²) in [5.41, 5.74) is 6.37. The van der Waals surface area contributed by atoms with Crippen LogP contribution in [0.25, 0.3) is 6.08 Å². The summed E-state index contributed by atoms with van der Waals surface area (Å²) in [4.78, 5) is 15.3. The Balaban J connectivity index is 2.29. The van der Waals surface area contributed by atoms with Gasteiger partial charge in [0.1, 0.15) is 0 Å². The molecule has 0 saturated carbocycles. The highest BCUT2D eigenvalue weighted by Gasteiger charge is 2.23. The molecule has 1 aliphatic rings. The number of carbonyl (C=O) groups is 1. The lowest BCUT2D eigenvalue weighted by Gasteiger charge is -2.00. The fraction of sp³-hybridized carbons (Fsp3) is 0.438. The first-order valence-electron chi connectivity index (χ1n) is 6.92. The molecule has 2 N–H and O–H groups in total. The summed E-state index contributed by atoms with van der Waals surface area (Å²) in [5.74, 6) is 0.0677. The van der Waals surface area contributed by atoms with Gasteiger partial charge in [0.05, 0.1) is 0 Å². The normalized spacial score (nSPS) is 17.5. The van der Waals surface area contributed by atoms with Gasteiger partial charge in [0.2, 0.25) is 0 Å². The summed E-state index contributed by atoms with van der Waals surface area (Å²) in [6.07, 6.45) is 5.08. The van der Waals surface area contributed by atoms with Gasteiger partial charge in [-0.3, -0.25) is 4.79 Å². The Kier molecular flexibility index (Phi) is 3.93. The highest BCUT2D eigenvalue weighted by molar-refractivity contribution is 6.01. The van der Waals surface area contributed by atoms with E-state index in [0.29, 0.717) is 0 Å². The standard InChI is InChI=1S/C16H22N2O/c1-5-6-7-13-12(4)15(18-16(13)19)9-14-10(2)8-11(3)17-14/h8-9,17H,5-7H2,1-4H3,(H,18,19)/b15-9-. The number of unbranched alkanes of at least 4 members (excludes halogenated alkanes) is 1. The van der Waals surface area contributed by atoms with Crippen molar-refractivity contribution in [2.24, 2.45) is 0 Å². The number of carbonyl (C=O) groups excluding carboxylic acids is 1. The molecule has 0 radical (unpaired) electrons. The van der Waals surface area contributed by atoms with E-state index in [1.807, 2.05) is 19.9 Å². The molecule has 2 heterocycles. The number of amides is 1. The molecular weight excluding hydrogens is 236 g/mol. The second-order valence-electron chi connectivity index (χ2n) is 5.27. The lowest BCUT2D eigenvalue weighted by molar-refractivity contribution is -0.116. The molecule has 19 heavy (non-hydrogen) atoms. The number of rotatable bonds is 4. The van der Waals surface area contributed by atoms with E-state index in [1.54, 1.807) is 0 Å². The van der Waals surface area contributed by atoms with E-state index in [1.165, 1.54) is 5.56 Å². The molecule has 0 unspecified atom stereocenters. The minimum Gasteiger partial charge on any atom is -0.359 e. The largest absolute Gasteiger partial charge is 0.359 e. The van der Waals surface area contributed by atoms with Crippen LogP contribution in [0.2, 0.25) is 0 Å². The fourth-order valence-electron chi connectivity index (χ4n) is 2.47. The van der Waals surface area contributed by atoms with Crippen LogP contribution in [-0.4, -0.2) is 10.9 Å². The second kappa shape index (κ2) is 5.47. The predicted octanol–water partition coefficient (Wildman–Crippen LogP) is 3.61. The first-order valence-corrected chi connectivity index (χ1v) is 6.92. The molecule has 1 aromatic heterocycles. The highest BCUT2D eigenvalue weighted by atomic mass is 16.1. The van der Waals surface area contributed by atoms with Crippen molar-refractivity contribution < 1.29 is 4.79 Å². The summed E-state index contributed by atoms with van der Waals surface area (Å²) in [6.45, 7) is 8.28. The van der Waals surface area contributed by atoms with E-state index in [2.05, 4.69) is 30.2 Å². The molecule has 0 aliphatic carbocycles. The maximum atomic E-state index is 12.0. The van der Waals surface area contributed by atoms with Gasteiger partial charge in [0, 0.05) is 22.7 Å². The molecule has 0 bridgehead atoms. The lowest BCUT2D eigenvalue weighted by Crippen LogP contribution is -2.16. The Morgan fingerprint density at radius 3 is 2.58 bits per heavy atom. The molecule has 0 aromatic carbocycles. The van der Waals surface area contributed by atoms with Gasteiger partial charge in [-0.1, -0.05) is 13.3 Å². The summed E-state index contributed by atoms with van der Waals surface area (Å²) >= 11 is 0. The molecule has 2 rings (SSSR count). The van der Waals surface area contributed by atoms with Gasteiger partial charge in [0.15, 0.2) is 0 Å². The zero-order valence-electron chi connectivity index (χ0n) is 12.2. The summed E-state index contributed by atoms with van der Waals surface area (Å²) < 4.78 is 0. The van der Waals surface area contributed by atoms with Crippen molar-refractivity contribution in [2.45, 2.75) is 47.0 Å². The van der Waals surface area contributed by atoms with E-state index >= 15 is 0 Å². The van der Waals surface area contributed by atoms with Gasteiger partial charge in [-0.05, 0) is 56.9 Å². The number of hydrogen-bond donors (Lipinski definition) is 2. The molecule has 0 atom stereocenters. The van der Waals surface area contributed by atoms with Crippen molar-refractivity contribution in [3.63, 3.8) is 0 Å². The zero-order valence-corrected chi connectivity index (χ0v) is 12.2. The van der Waals surface area contributed by atoms with Crippen LogP contribution in [-0.2, 0) is 4.79 Å². The van der Waals surface area contributed by atoms with Crippen molar-refractivity contribution in [3.05, 3.63) is 39.9 Å². The zero-order chi connectivity index (χ0) is 14.0. The van der Waals surface area contributed by atoms with Gasteiger partial charge in [-0.25, -0.2) is 0 Å². The third kappa shape index (κ3) is 2.80. The van der Waals surface area contributed by atoms with Crippen molar-refractivity contribution in [1.82, 2.24) is 10.3 Å². The van der Waals surface area contributed by atoms with E-state index < -0.39 is 0 Å². The summed E-state index contributed by atoms with van der Waals surface area (Å²) in [5, 5.41) is 2.98. The smallest absolute Gasteiger partial charge is 0.251 e. The monoisotopic (exact) mass is 258 g/mol. The molecule has 0 saturated heterocycles. The molecule has 1 aliphatic heterocycles. The van der Waals surface area contributed by atoms with Crippen molar-refractivity contribution in [1.29, 1.82) is 0 Å². The number of H-pyrrole nitrogens is 1. The van der Waals surface area contributed by atoms with Gasteiger partial charge in [0.25, 0.3) is 5.91 Å². The average Bonchev–Trinajstić information content (AvgIpc) is 2.79. The quantitative estimate of drug-likeness (QED) is 0.851. The third-order valence-electron chi connectivity index (χ3n) is 3.64. The van der Waals surface area contributed by atoms with Crippen molar-refractivity contribution in [3.8, 4) is 0 Å². The van der Waals surface area contributed by atoms with E-state index in [-0.39, 0.29) is 5.91 Å². The van der Waals surface area contributed by atoms with Crippen LogP contribution in [0.1, 0.15) is 50.1 Å². The van der Waals surface area contributed by atoms with Crippen LogP contribution in [0, 0.1) is 13.8 Å². The van der Waals surface area contributed by atoms with Gasteiger partial charge in [-0.2, -0.15) is 0 Å². The second-order valence-corrected chi connectivity index (χ2v) is 5.27. The molecule has 0 fully saturated rings. The van der Waals surface area contributed by atoms with Gasteiger partial charge < -0.3 is 10.3 Å². The highest BCUT2D eigenvalue weighted by Crippen LogP contribution is 2.26. The molecule has 3 heteroatoms. The SMILES string of the molecule is CCCCC1=C(C)/C(=C/c2[nH]c(C)cc2C)NC1=O. The minimum absolute atomic E-state index is 0.0677. The Morgan fingerprint density at radius 2 is 2.00 bits per heavy atom. The Hall–Kier alpha value is -1.77. The van der Waals surface area contributed by atoms with Crippen LogP contribution in [0.5, 0.6) is 0 Å². The molecular formula is C16H22N2O. The maximum Gasteiger partial charge on any atom is 0.251 e. The van der Waals surface area contributed by atoms with Gasteiger partial charge in [-0.15, -0.1) is 0 Å². The Morgan fingerprint density at radius 1 is 1.26 bits per heavy atom. The molecule has 3 nitrogen and oxygen atoms in total. The molecule has 102 valence electrons. The van der Waals surface area contributed by atoms with Crippen LogP contribution < -0.4 is 5.32 Å². The number of allylic oxidation sites excluding steroid dienone is 1. The first kappa shape index (κ1) is 13.7. The fourth-order valence-corrected chi connectivity index (χ4v) is 2.47. The summed E-state index contributed by atoms with van der Waals surface area (Å²) in [6, 6.07) is 2.11. The minimum atomic E-state index is 0.0677. The number of aromatic nitrogens is 1. The third-order valence-corrected chi connectivity index (χ3v) is 3.64. The number of aromatic amines is 1. The predicted molar refractivity (Wildman–Crippen MR) is 78.6 cm³/mol. The molecule has 1 amide bonds. The molecule has 1 aromatic rings. The van der Waals surface area contributed by atoms with Crippen LogP contribution in [0.15, 0.2) is 22.9 Å². The van der Waals surface area contributed by atoms with Crippen molar-refractivity contribution in [2.75, 3.05) is 0 Å². The van der Waals surface area contributed by atoms with Gasteiger partial charge >= 0.3 is 0 Å². The van der Waals surface area contributed by atoms with Crippen LogP contribution >= 0.6 is 0 Å². The van der Waals surface area contributed by atoms with Crippen molar-refractivity contribution >= 4 is 12.0 Å². The van der Waals surface area contributed by atoms with Crippen LogP contribution in [0.4, 0.5) is 0 Å². The average molecular weight is 258 g/mol. The van der Waals surface area contributed by atoms with Crippen LogP contribution in [0.3, 0.4) is 0 Å². The summed E-state index contributed by atoms with van der Waals surface area (Å²) in [7, 11) is 0. The maximum absolute atomic E-state index is 12.0. The number of nitrogens with one attached hydrogen (secondary N) is 2. The van der Waals surface area contributed by atoms with E-state index in [4.69, 9.17) is 0 Å². The lowest BCUT2D eigenvalue weighted by atomic mass is 10.0. The number of aryl methyl sites for hydroxylation is 2. The Labute approximate surface area is 114 Å². The topological polar surface area (TPSA) is 44.9 Å². The number of hydrogen-bond acceptors (Lipinski definition) is 1. The molecule has 0 spiro atoms. The van der Waals surface area contributed by atoms with E-state index in [9.17, 15) is 4.79 Å². The van der Waals surface area contributed by atoms with E-state index in [0.717, 1.165) is 47.5 Å². The Bertz CT molecular complexity index is 561. The first-order chi connectivity index (χ1) is 9.02.